The second-order valence-electron chi connectivity index (χ2n) is 10.8. The molecular weight excluding hydrogens is 786 g/mol. The SMILES string of the molecule is CC(=O)Nc1cccc(COc2c(Cl)cc(C(=O)NCC(=O)O)cc2Cl)c1F.CC(=O)Nc1cccc(COc2c(Cl)cc(CC(=O)O)cc2Cl)c1F. The van der Waals surface area contributed by atoms with E-state index in [1.54, 1.807) is 12.1 Å². The lowest BCUT2D eigenvalue weighted by atomic mass is 10.1. The van der Waals surface area contributed by atoms with E-state index in [-0.39, 0.29) is 79.3 Å². The quantitative estimate of drug-likeness (QED) is 0.0901. The van der Waals surface area contributed by atoms with E-state index in [0.29, 0.717) is 5.56 Å². The molecule has 4 rings (SSSR count). The van der Waals surface area contributed by atoms with Crippen molar-refractivity contribution in [2.45, 2.75) is 33.5 Å². The number of ether oxygens (including phenoxy) is 2. The molecule has 4 aromatic carbocycles. The van der Waals surface area contributed by atoms with Gasteiger partial charge in [-0.25, -0.2) is 8.78 Å². The molecule has 0 fully saturated rings. The maximum atomic E-state index is 14.4. The normalized spacial score (nSPS) is 10.3. The van der Waals surface area contributed by atoms with Crippen molar-refractivity contribution in [1.29, 1.82) is 0 Å². The van der Waals surface area contributed by atoms with Crippen molar-refractivity contribution in [3.05, 3.63) is 115 Å². The standard InChI is InChI=1S/C18H15Cl2FN2O5.C17H14Cl2FNO4/c1-9(24)23-14-4-2-3-10(16(14)21)8-28-17-12(19)5-11(6-13(17)20)18(27)22-7-15(25)26;1-9(22)21-14-4-2-3-11(16(14)20)8-25-17-12(18)5-10(6-13(17)19)7-15(23)24/h2-6H,7-8H2,1H3,(H,22,27)(H,23,24)(H,25,26);2-6H,7-8H2,1H3,(H,21,22)(H,23,24). The first-order valence-electron chi connectivity index (χ1n) is 15.0. The lowest BCUT2D eigenvalue weighted by molar-refractivity contribution is -0.137. The van der Waals surface area contributed by atoms with E-state index >= 15 is 0 Å². The number of benzene rings is 4. The third kappa shape index (κ3) is 12.8. The molecule has 0 radical (unpaired) electrons. The molecule has 53 heavy (non-hydrogen) atoms. The van der Waals surface area contributed by atoms with Gasteiger partial charge in [-0.3, -0.25) is 24.0 Å². The number of rotatable bonds is 13. The largest absolute Gasteiger partial charge is 0.486 e. The van der Waals surface area contributed by atoms with E-state index in [4.69, 9.17) is 66.1 Å². The van der Waals surface area contributed by atoms with Gasteiger partial charge in [-0.2, -0.15) is 0 Å². The molecule has 0 bridgehead atoms. The first kappa shape index (κ1) is 42.3. The van der Waals surface area contributed by atoms with E-state index in [9.17, 15) is 32.8 Å². The van der Waals surface area contributed by atoms with Crippen molar-refractivity contribution in [3.63, 3.8) is 0 Å². The second-order valence-corrected chi connectivity index (χ2v) is 12.4. The van der Waals surface area contributed by atoms with Crippen LogP contribution in [0.25, 0.3) is 0 Å². The van der Waals surface area contributed by atoms with E-state index in [2.05, 4.69) is 16.0 Å². The van der Waals surface area contributed by atoms with Crippen LogP contribution in [-0.2, 0) is 38.8 Å². The van der Waals surface area contributed by atoms with E-state index in [1.807, 2.05) is 0 Å². The molecule has 0 heterocycles. The number of carbonyl (C=O) groups excluding carboxylic acids is 3. The number of carboxylic acid groups (broad SMARTS) is 2. The van der Waals surface area contributed by atoms with Gasteiger partial charge < -0.3 is 35.6 Å². The highest BCUT2D eigenvalue weighted by atomic mass is 35.5. The second kappa shape index (κ2) is 19.6. The minimum Gasteiger partial charge on any atom is -0.486 e. The number of anilines is 2. The van der Waals surface area contributed by atoms with Crippen molar-refractivity contribution in [2.75, 3.05) is 17.2 Å². The summed E-state index contributed by atoms with van der Waals surface area (Å²) in [7, 11) is 0. The molecule has 12 nitrogen and oxygen atoms in total. The van der Waals surface area contributed by atoms with Crippen molar-refractivity contribution >= 4 is 87.4 Å². The molecule has 3 amide bonds. The van der Waals surface area contributed by atoms with Crippen molar-refractivity contribution < 1.29 is 52.4 Å². The van der Waals surface area contributed by atoms with Crippen molar-refractivity contribution in [3.8, 4) is 11.5 Å². The van der Waals surface area contributed by atoms with Crippen LogP contribution in [0.1, 0.15) is 40.9 Å². The zero-order valence-corrected chi connectivity index (χ0v) is 30.6. The molecule has 0 spiro atoms. The van der Waals surface area contributed by atoms with Crippen LogP contribution in [0, 0.1) is 11.6 Å². The highest BCUT2D eigenvalue weighted by Crippen LogP contribution is 2.36. The summed E-state index contributed by atoms with van der Waals surface area (Å²) in [6, 6.07) is 14.3. The number of hydrogen-bond donors (Lipinski definition) is 5. The molecule has 18 heteroatoms. The number of aliphatic carboxylic acids is 2. The Morgan fingerprint density at radius 2 is 1.08 bits per heavy atom. The highest BCUT2D eigenvalue weighted by Gasteiger charge is 2.18. The Hall–Kier alpha value is -5.15. The molecule has 0 aliphatic heterocycles. The van der Waals surface area contributed by atoms with Crippen LogP contribution in [0.5, 0.6) is 11.5 Å². The topological polar surface area (TPSA) is 180 Å². The van der Waals surface area contributed by atoms with Gasteiger partial charge in [-0.1, -0.05) is 70.7 Å². The van der Waals surface area contributed by atoms with Crippen LogP contribution in [0.4, 0.5) is 20.2 Å². The summed E-state index contributed by atoms with van der Waals surface area (Å²) in [6.07, 6.45) is -0.229. The minimum absolute atomic E-state index is 0.00796. The fourth-order valence-corrected chi connectivity index (χ4v) is 5.61. The first-order chi connectivity index (χ1) is 25.0. The van der Waals surface area contributed by atoms with Gasteiger partial charge in [0.05, 0.1) is 37.9 Å². The fourth-order valence-electron chi connectivity index (χ4n) is 4.37. The summed E-state index contributed by atoms with van der Waals surface area (Å²) in [6.45, 7) is 1.58. The fraction of sp³-hybridized carbons (Fsp3) is 0.171. The highest BCUT2D eigenvalue weighted by molar-refractivity contribution is 6.38. The zero-order chi connectivity index (χ0) is 39.4. The van der Waals surface area contributed by atoms with Gasteiger partial charge in [0.25, 0.3) is 5.91 Å². The molecule has 0 saturated heterocycles. The number of halogens is 6. The Kier molecular flexibility index (Phi) is 15.6. The summed E-state index contributed by atoms with van der Waals surface area (Å²) in [5, 5.41) is 24.6. The van der Waals surface area contributed by atoms with Crippen LogP contribution in [-0.4, -0.2) is 46.4 Å². The first-order valence-corrected chi connectivity index (χ1v) is 16.5. The Labute approximate surface area is 320 Å². The molecule has 280 valence electrons. The van der Waals surface area contributed by atoms with Gasteiger partial charge in [-0.05, 0) is 42.0 Å². The van der Waals surface area contributed by atoms with Gasteiger partial charge >= 0.3 is 11.9 Å². The van der Waals surface area contributed by atoms with Crippen LogP contribution < -0.4 is 25.4 Å². The number of hydrogen-bond acceptors (Lipinski definition) is 7. The third-order valence-corrected chi connectivity index (χ3v) is 7.72. The van der Waals surface area contributed by atoms with Crippen LogP contribution >= 0.6 is 46.4 Å². The van der Waals surface area contributed by atoms with E-state index in [0.717, 1.165) is 0 Å². The van der Waals surface area contributed by atoms with Crippen molar-refractivity contribution in [1.82, 2.24) is 5.32 Å². The number of carbonyl (C=O) groups is 5. The summed E-state index contributed by atoms with van der Waals surface area (Å²) in [5.41, 5.74) is 0.879. The van der Waals surface area contributed by atoms with E-state index < -0.39 is 47.8 Å². The molecule has 4 aromatic rings. The smallest absolute Gasteiger partial charge is 0.322 e. The molecule has 0 aliphatic rings. The predicted molar refractivity (Wildman–Crippen MR) is 194 cm³/mol. The third-order valence-electron chi connectivity index (χ3n) is 6.60. The number of nitrogens with one attached hydrogen (secondary N) is 3. The Bertz CT molecular complexity index is 2000. The van der Waals surface area contributed by atoms with E-state index in [1.165, 1.54) is 62.4 Å². The molecule has 0 saturated carbocycles. The van der Waals surface area contributed by atoms with Crippen LogP contribution in [0.2, 0.25) is 20.1 Å². The maximum Gasteiger partial charge on any atom is 0.322 e. The Morgan fingerprint density at radius 1 is 0.660 bits per heavy atom. The number of carboxylic acids is 2. The molecular formula is C35H29Cl4F2N3O9. The van der Waals surface area contributed by atoms with Crippen LogP contribution in [0.3, 0.4) is 0 Å². The number of amides is 3. The molecule has 0 unspecified atom stereocenters. The maximum absolute atomic E-state index is 14.4. The summed E-state index contributed by atoms with van der Waals surface area (Å²) < 4.78 is 39.7. The van der Waals surface area contributed by atoms with Gasteiger partial charge in [0.1, 0.15) is 19.8 Å². The lowest BCUT2D eigenvalue weighted by Crippen LogP contribution is -2.29. The lowest BCUT2D eigenvalue weighted by Gasteiger charge is -2.13. The average molecular weight is 815 g/mol. The van der Waals surface area contributed by atoms with Gasteiger partial charge in [0, 0.05) is 30.5 Å². The van der Waals surface area contributed by atoms with Crippen molar-refractivity contribution in [2.24, 2.45) is 0 Å². The average Bonchev–Trinajstić information content (AvgIpc) is 3.05. The Balaban J connectivity index is 0.000000287. The summed E-state index contributed by atoms with van der Waals surface area (Å²) in [5.74, 6) is -4.82. The Morgan fingerprint density at radius 3 is 1.45 bits per heavy atom. The van der Waals surface area contributed by atoms with Crippen LogP contribution in [0.15, 0.2) is 60.7 Å². The summed E-state index contributed by atoms with van der Waals surface area (Å²) in [4.78, 5) is 55.3. The zero-order valence-electron chi connectivity index (χ0n) is 27.6. The van der Waals surface area contributed by atoms with Gasteiger partial charge in [0.2, 0.25) is 11.8 Å². The molecule has 0 aliphatic carbocycles. The molecule has 5 N–H and O–H groups in total. The molecule has 0 aromatic heterocycles. The molecule has 0 atom stereocenters. The monoisotopic (exact) mass is 813 g/mol. The predicted octanol–water partition coefficient (Wildman–Crippen LogP) is 7.78. The summed E-state index contributed by atoms with van der Waals surface area (Å²) >= 11 is 24.3. The minimum atomic E-state index is -1.20. The van der Waals surface area contributed by atoms with Gasteiger partial charge in [-0.15, -0.1) is 0 Å². The van der Waals surface area contributed by atoms with Gasteiger partial charge in [0.15, 0.2) is 23.1 Å².